The average molecular weight is 270 g/mol. The van der Waals surface area contributed by atoms with Crippen LogP contribution in [0.5, 0.6) is 0 Å². The fraction of sp³-hybridized carbons (Fsp3) is 0.273. The first-order valence-electron chi connectivity index (χ1n) is 4.65. The van der Waals surface area contributed by atoms with Gasteiger partial charge in [0.15, 0.2) is 0 Å². The van der Waals surface area contributed by atoms with E-state index >= 15 is 0 Å². The van der Waals surface area contributed by atoms with E-state index in [9.17, 15) is 0 Å². The molecule has 0 radical (unpaired) electrons. The number of methoxy groups -OCH3 is 1. The van der Waals surface area contributed by atoms with Gasteiger partial charge in [0.05, 0.1) is 17.6 Å². The van der Waals surface area contributed by atoms with E-state index in [2.05, 4.69) is 15.9 Å². The van der Waals surface area contributed by atoms with Gasteiger partial charge in [-0.2, -0.15) is 0 Å². The molecule has 1 aromatic carbocycles. The zero-order valence-corrected chi connectivity index (χ0v) is 10.0. The second-order valence-electron chi connectivity index (χ2n) is 3.26. The van der Waals surface area contributed by atoms with Crippen molar-refractivity contribution < 1.29 is 9.15 Å². The SMILES string of the molecule is COCc1c(CN)oc2c(Br)cccc12. The van der Waals surface area contributed by atoms with Gasteiger partial charge in [-0.15, -0.1) is 0 Å². The Morgan fingerprint density at radius 2 is 2.27 bits per heavy atom. The van der Waals surface area contributed by atoms with E-state index in [1.54, 1.807) is 7.11 Å². The Morgan fingerprint density at radius 3 is 2.93 bits per heavy atom. The molecule has 0 amide bonds. The lowest BCUT2D eigenvalue weighted by molar-refractivity contribution is 0.184. The summed E-state index contributed by atoms with van der Waals surface area (Å²) >= 11 is 3.45. The topological polar surface area (TPSA) is 48.4 Å². The summed E-state index contributed by atoms with van der Waals surface area (Å²) in [4.78, 5) is 0. The Hall–Kier alpha value is -0.840. The zero-order valence-electron chi connectivity index (χ0n) is 8.42. The van der Waals surface area contributed by atoms with Crippen molar-refractivity contribution in [2.45, 2.75) is 13.2 Å². The molecule has 0 spiro atoms. The molecule has 0 saturated carbocycles. The standard InChI is InChI=1S/C11H12BrNO2/c1-14-6-8-7-3-2-4-9(12)11(7)15-10(8)5-13/h2-4H,5-6,13H2,1H3. The number of hydrogen-bond donors (Lipinski definition) is 1. The summed E-state index contributed by atoms with van der Waals surface area (Å²) in [6, 6.07) is 5.93. The molecule has 0 aliphatic rings. The Kier molecular flexibility index (Phi) is 3.09. The number of ether oxygens (including phenoxy) is 1. The Labute approximate surface area is 96.3 Å². The van der Waals surface area contributed by atoms with E-state index in [-0.39, 0.29) is 0 Å². The first-order valence-corrected chi connectivity index (χ1v) is 5.45. The molecule has 0 saturated heterocycles. The molecular formula is C11H12BrNO2. The van der Waals surface area contributed by atoms with Crippen molar-refractivity contribution in [1.29, 1.82) is 0 Å². The zero-order chi connectivity index (χ0) is 10.8. The maximum atomic E-state index is 5.68. The van der Waals surface area contributed by atoms with Crippen LogP contribution in [-0.4, -0.2) is 7.11 Å². The van der Waals surface area contributed by atoms with Gasteiger partial charge in [0, 0.05) is 18.1 Å². The van der Waals surface area contributed by atoms with Crippen molar-refractivity contribution in [3.05, 3.63) is 34.0 Å². The molecule has 0 aliphatic heterocycles. The Bertz CT molecular complexity index is 479. The summed E-state index contributed by atoms with van der Waals surface area (Å²) in [5.74, 6) is 0.791. The highest BCUT2D eigenvalue weighted by molar-refractivity contribution is 9.10. The summed E-state index contributed by atoms with van der Waals surface area (Å²) in [7, 11) is 1.66. The maximum Gasteiger partial charge on any atom is 0.148 e. The lowest BCUT2D eigenvalue weighted by Gasteiger charge is -1.98. The van der Waals surface area contributed by atoms with E-state index < -0.39 is 0 Å². The average Bonchev–Trinajstić information content (AvgIpc) is 2.59. The highest BCUT2D eigenvalue weighted by atomic mass is 79.9. The van der Waals surface area contributed by atoms with Crippen LogP contribution in [-0.2, 0) is 17.9 Å². The second kappa shape index (κ2) is 4.35. The molecular weight excluding hydrogens is 258 g/mol. The molecule has 80 valence electrons. The smallest absolute Gasteiger partial charge is 0.148 e. The fourth-order valence-electron chi connectivity index (χ4n) is 1.65. The molecule has 1 aromatic heterocycles. The van der Waals surface area contributed by atoms with Crippen molar-refractivity contribution in [3.63, 3.8) is 0 Å². The summed E-state index contributed by atoms with van der Waals surface area (Å²) in [5, 5.41) is 1.06. The Morgan fingerprint density at radius 1 is 1.47 bits per heavy atom. The fourth-order valence-corrected chi connectivity index (χ4v) is 2.10. The summed E-state index contributed by atoms with van der Waals surface area (Å²) in [5.41, 5.74) is 7.51. The van der Waals surface area contributed by atoms with Gasteiger partial charge in [0.25, 0.3) is 0 Å². The number of para-hydroxylation sites is 1. The third-order valence-corrected chi connectivity index (χ3v) is 2.95. The number of benzene rings is 1. The molecule has 15 heavy (non-hydrogen) atoms. The number of furan rings is 1. The first-order chi connectivity index (χ1) is 7.27. The van der Waals surface area contributed by atoms with Crippen molar-refractivity contribution >= 4 is 26.9 Å². The second-order valence-corrected chi connectivity index (χ2v) is 4.11. The number of nitrogens with two attached hydrogens (primary N) is 1. The van der Waals surface area contributed by atoms with Crippen LogP contribution in [0.15, 0.2) is 27.1 Å². The van der Waals surface area contributed by atoms with Gasteiger partial charge in [-0.3, -0.25) is 0 Å². The predicted octanol–water partition coefficient (Wildman–Crippen LogP) is 2.80. The summed E-state index contributed by atoms with van der Waals surface area (Å²) in [6.45, 7) is 0.912. The number of fused-ring (bicyclic) bond motifs is 1. The van der Waals surface area contributed by atoms with Crippen LogP contribution < -0.4 is 5.73 Å². The molecule has 0 aliphatic carbocycles. The minimum Gasteiger partial charge on any atom is -0.458 e. The van der Waals surface area contributed by atoms with Gasteiger partial charge < -0.3 is 14.9 Å². The summed E-state index contributed by atoms with van der Waals surface area (Å²) < 4.78 is 11.8. The largest absolute Gasteiger partial charge is 0.458 e. The van der Waals surface area contributed by atoms with Crippen LogP contribution in [0.1, 0.15) is 11.3 Å². The van der Waals surface area contributed by atoms with Crippen molar-refractivity contribution in [2.75, 3.05) is 7.11 Å². The predicted molar refractivity (Wildman–Crippen MR) is 62.5 cm³/mol. The third kappa shape index (κ3) is 1.80. The first kappa shape index (κ1) is 10.7. The molecule has 3 nitrogen and oxygen atoms in total. The lowest BCUT2D eigenvalue weighted by atomic mass is 10.1. The maximum absolute atomic E-state index is 5.68. The van der Waals surface area contributed by atoms with Crippen LogP contribution in [0.25, 0.3) is 11.0 Å². The quantitative estimate of drug-likeness (QED) is 0.932. The molecule has 2 rings (SSSR count). The molecule has 0 fully saturated rings. The molecule has 2 aromatic rings. The van der Waals surface area contributed by atoms with Crippen LogP contribution in [0.4, 0.5) is 0 Å². The van der Waals surface area contributed by atoms with Crippen LogP contribution in [0.2, 0.25) is 0 Å². The number of halogens is 1. The molecule has 0 bridgehead atoms. The minimum absolute atomic E-state index is 0.389. The van der Waals surface area contributed by atoms with E-state index in [0.29, 0.717) is 13.2 Å². The van der Waals surface area contributed by atoms with Crippen LogP contribution >= 0.6 is 15.9 Å². The van der Waals surface area contributed by atoms with Gasteiger partial charge in [-0.25, -0.2) is 0 Å². The van der Waals surface area contributed by atoms with Gasteiger partial charge in [0.2, 0.25) is 0 Å². The van der Waals surface area contributed by atoms with Crippen LogP contribution in [0.3, 0.4) is 0 Å². The normalized spacial score (nSPS) is 11.1. The molecule has 2 N–H and O–H groups in total. The molecule has 0 unspecified atom stereocenters. The van der Waals surface area contributed by atoms with E-state index in [0.717, 1.165) is 26.8 Å². The van der Waals surface area contributed by atoms with Gasteiger partial charge in [-0.05, 0) is 22.0 Å². The van der Waals surface area contributed by atoms with E-state index in [4.69, 9.17) is 14.9 Å². The van der Waals surface area contributed by atoms with E-state index in [1.807, 2.05) is 18.2 Å². The van der Waals surface area contributed by atoms with E-state index in [1.165, 1.54) is 0 Å². The van der Waals surface area contributed by atoms with Gasteiger partial charge >= 0.3 is 0 Å². The van der Waals surface area contributed by atoms with Crippen LogP contribution in [0, 0.1) is 0 Å². The lowest BCUT2D eigenvalue weighted by Crippen LogP contribution is -1.99. The highest BCUT2D eigenvalue weighted by Gasteiger charge is 2.14. The van der Waals surface area contributed by atoms with Crippen molar-refractivity contribution in [3.8, 4) is 0 Å². The van der Waals surface area contributed by atoms with Crippen molar-refractivity contribution in [1.82, 2.24) is 0 Å². The molecule has 1 heterocycles. The van der Waals surface area contributed by atoms with Gasteiger partial charge in [-0.1, -0.05) is 12.1 Å². The summed E-state index contributed by atoms with van der Waals surface area (Å²) in [6.07, 6.45) is 0. The third-order valence-electron chi connectivity index (χ3n) is 2.33. The highest BCUT2D eigenvalue weighted by Crippen LogP contribution is 2.31. The van der Waals surface area contributed by atoms with Gasteiger partial charge in [0.1, 0.15) is 11.3 Å². The Balaban J connectivity index is 2.68. The monoisotopic (exact) mass is 269 g/mol. The number of rotatable bonds is 3. The molecule has 4 heteroatoms. The minimum atomic E-state index is 0.389. The number of hydrogen-bond acceptors (Lipinski definition) is 3. The van der Waals surface area contributed by atoms with Crippen molar-refractivity contribution in [2.24, 2.45) is 5.73 Å². The molecule has 0 atom stereocenters.